The topological polar surface area (TPSA) is 146 Å². The summed E-state index contributed by atoms with van der Waals surface area (Å²) in [4.78, 5) is 33.1. The number of carbonyl (C=O) groups is 1. The lowest BCUT2D eigenvalue weighted by atomic mass is 10.1. The molecular formula is C29H37N9O4. The number of carbonyl (C=O) groups excluding carboxylic acids is 1. The Hall–Kier alpha value is -4.13. The van der Waals surface area contributed by atoms with Crippen LogP contribution in [0.5, 0.6) is 0 Å². The van der Waals surface area contributed by atoms with Crippen molar-refractivity contribution >= 4 is 23.1 Å². The Labute approximate surface area is 244 Å². The van der Waals surface area contributed by atoms with E-state index in [1.54, 1.807) is 18.0 Å². The molecule has 42 heavy (non-hydrogen) atoms. The Kier molecular flexibility index (Phi) is 7.52. The van der Waals surface area contributed by atoms with Gasteiger partial charge in [-0.25, -0.2) is 24.4 Å². The number of rotatable bonds is 5. The third kappa shape index (κ3) is 5.91. The van der Waals surface area contributed by atoms with Crippen LogP contribution in [0.2, 0.25) is 0 Å². The first kappa shape index (κ1) is 28.0. The first-order valence-corrected chi connectivity index (χ1v) is 14.5. The van der Waals surface area contributed by atoms with Gasteiger partial charge in [0, 0.05) is 44.2 Å². The van der Waals surface area contributed by atoms with Crippen molar-refractivity contribution in [3.8, 4) is 22.9 Å². The van der Waals surface area contributed by atoms with Gasteiger partial charge >= 0.3 is 6.09 Å². The minimum atomic E-state index is -0.540. The number of nitrogens with zero attached hydrogens (tertiary/aromatic N) is 8. The summed E-state index contributed by atoms with van der Waals surface area (Å²) in [5.41, 5.74) is 3.01. The molecule has 6 rings (SSSR count). The van der Waals surface area contributed by atoms with Crippen molar-refractivity contribution in [2.75, 3.05) is 25.0 Å². The quantitative estimate of drug-likeness (QED) is 0.340. The molecule has 0 saturated carbocycles. The molecule has 0 spiro atoms. The molecule has 222 valence electrons. The second-order valence-corrected chi connectivity index (χ2v) is 12.0. The highest BCUT2D eigenvalue weighted by Crippen LogP contribution is 2.34. The van der Waals surface area contributed by atoms with Crippen molar-refractivity contribution in [1.82, 2.24) is 39.8 Å². The van der Waals surface area contributed by atoms with E-state index in [2.05, 4.69) is 20.4 Å². The van der Waals surface area contributed by atoms with Crippen LogP contribution in [-0.2, 0) is 9.47 Å². The molecule has 13 heteroatoms. The summed E-state index contributed by atoms with van der Waals surface area (Å²) in [6, 6.07) is 3.83. The van der Waals surface area contributed by atoms with Crippen LogP contribution in [-0.4, -0.2) is 77.2 Å². The highest BCUT2D eigenvalue weighted by atomic mass is 16.6. The first-order chi connectivity index (χ1) is 20.1. The fraction of sp³-hybridized carbons (Fsp3) is 0.552. The van der Waals surface area contributed by atoms with Crippen molar-refractivity contribution in [1.29, 1.82) is 0 Å². The molecule has 2 aliphatic heterocycles. The molecule has 2 atom stereocenters. The predicted molar refractivity (Wildman–Crippen MR) is 155 cm³/mol. The Balaban J connectivity index is 1.32. The second-order valence-electron chi connectivity index (χ2n) is 12.0. The molecule has 2 fully saturated rings. The summed E-state index contributed by atoms with van der Waals surface area (Å²) >= 11 is 0. The van der Waals surface area contributed by atoms with E-state index in [1.165, 1.54) is 0 Å². The van der Waals surface area contributed by atoms with Gasteiger partial charge < -0.3 is 24.2 Å². The van der Waals surface area contributed by atoms with E-state index in [4.69, 9.17) is 29.1 Å². The maximum atomic E-state index is 12.7. The van der Waals surface area contributed by atoms with Gasteiger partial charge in [0.05, 0.1) is 5.69 Å². The maximum absolute atomic E-state index is 12.7. The van der Waals surface area contributed by atoms with Gasteiger partial charge in [0.25, 0.3) is 0 Å². The van der Waals surface area contributed by atoms with Crippen molar-refractivity contribution in [2.24, 2.45) is 0 Å². The van der Waals surface area contributed by atoms with Crippen molar-refractivity contribution in [3.05, 3.63) is 29.8 Å². The molecule has 1 unspecified atom stereocenters. The van der Waals surface area contributed by atoms with E-state index in [9.17, 15) is 4.79 Å². The van der Waals surface area contributed by atoms with E-state index >= 15 is 0 Å². The minimum Gasteiger partial charge on any atom is -0.444 e. The SMILES string of the molecule is Cc1nc(-c2ccc3c(-c4nc(N[C@H]5CCCN(C(=O)OC(C)(C)C)C5)ncc4C)nn(C4CCCCO4)c3n2)no1. The van der Waals surface area contributed by atoms with Gasteiger partial charge in [0.15, 0.2) is 11.9 Å². The van der Waals surface area contributed by atoms with Crippen LogP contribution < -0.4 is 5.32 Å². The number of piperidine rings is 1. The zero-order valence-corrected chi connectivity index (χ0v) is 24.8. The fourth-order valence-corrected chi connectivity index (χ4v) is 5.36. The molecule has 0 aliphatic carbocycles. The lowest BCUT2D eigenvalue weighted by Gasteiger charge is -2.34. The fourth-order valence-electron chi connectivity index (χ4n) is 5.36. The summed E-state index contributed by atoms with van der Waals surface area (Å²) in [5, 5.41) is 13.3. The highest BCUT2D eigenvalue weighted by Gasteiger charge is 2.29. The third-order valence-corrected chi connectivity index (χ3v) is 7.34. The zero-order valence-electron chi connectivity index (χ0n) is 24.8. The number of fused-ring (bicyclic) bond motifs is 1. The van der Waals surface area contributed by atoms with E-state index in [0.717, 1.165) is 43.1 Å². The van der Waals surface area contributed by atoms with Crippen LogP contribution in [0, 0.1) is 13.8 Å². The number of amides is 1. The van der Waals surface area contributed by atoms with E-state index in [0.29, 0.717) is 60.1 Å². The minimum absolute atomic E-state index is 0.00518. The summed E-state index contributed by atoms with van der Waals surface area (Å²) < 4.78 is 18.7. The monoisotopic (exact) mass is 575 g/mol. The molecule has 1 amide bonds. The van der Waals surface area contributed by atoms with E-state index < -0.39 is 5.60 Å². The van der Waals surface area contributed by atoms with Crippen LogP contribution in [0.3, 0.4) is 0 Å². The van der Waals surface area contributed by atoms with Crippen molar-refractivity contribution in [2.45, 2.75) is 84.6 Å². The molecule has 2 aliphatic rings. The predicted octanol–water partition coefficient (Wildman–Crippen LogP) is 5.07. The summed E-state index contributed by atoms with van der Waals surface area (Å²) in [6.07, 6.45) is 5.93. The molecular weight excluding hydrogens is 538 g/mol. The van der Waals surface area contributed by atoms with E-state index in [1.807, 2.05) is 44.5 Å². The average molecular weight is 576 g/mol. The number of hydrogen-bond donors (Lipinski definition) is 1. The Morgan fingerprint density at radius 3 is 2.67 bits per heavy atom. The summed E-state index contributed by atoms with van der Waals surface area (Å²) in [6.45, 7) is 11.2. The van der Waals surface area contributed by atoms with Crippen molar-refractivity contribution in [3.63, 3.8) is 0 Å². The molecule has 1 N–H and O–H groups in total. The molecule has 0 bridgehead atoms. The van der Waals surface area contributed by atoms with Crippen LogP contribution in [0.1, 0.15) is 70.6 Å². The number of hydrogen-bond acceptors (Lipinski definition) is 11. The standard InChI is InChI=1S/C29H37N9O4/c1-17-15-30-27(32-19-9-8-13-37(16-19)28(39)41-29(3,4)5)34-23(17)24-20-11-12-21(25-31-18(2)42-36-25)33-26(20)38(35-24)22-10-6-7-14-40-22/h11-12,15,19,22H,6-10,13-14,16H2,1-5H3,(H,30,32,34)/t19-,22?/m0/s1. The number of pyridine rings is 1. The Bertz CT molecular complexity index is 1590. The van der Waals surface area contributed by atoms with Crippen LogP contribution in [0.15, 0.2) is 22.9 Å². The summed E-state index contributed by atoms with van der Waals surface area (Å²) in [5.74, 6) is 1.38. The van der Waals surface area contributed by atoms with Crippen molar-refractivity contribution < 1.29 is 18.8 Å². The Morgan fingerprint density at radius 1 is 1.07 bits per heavy atom. The molecule has 4 aromatic heterocycles. The van der Waals surface area contributed by atoms with Crippen LogP contribution in [0.25, 0.3) is 33.9 Å². The third-order valence-electron chi connectivity index (χ3n) is 7.34. The van der Waals surface area contributed by atoms with Crippen LogP contribution in [0.4, 0.5) is 10.7 Å². The van der Waals surface area contributed by atoms with Gasteiger partial charge in [-0.2, -0.15) is 10.1 Å². The molecule has 4 aromatic rings. The smallest absolute Gasteiger partial charge is 0.410 e. The number of aryl methyl sites for hydroxylation is 2. The second kappa shape index (κ2) is 11.3. The maximum Gasteiger partial charge on any atom is 0.410 e. The number of likely N-dealkylation sites (tertiary alicyclic amines) is 1. The van der Waals surface area contributed by atoms with Gasteiger partial charge in [-0.15, -0.1) is 0 Å². The highest BCUT2D eigenvalue weighted by molar-refractivity contribution is 5.92. The zero-order chi connectivity index (χ0) is 29.4. The van der Waals surface area contributed by atoms with Crippen LogP contribution >= 0.6 is 0 Å². The average Bonchev–Trinajstić information content (AvgIpc) is 3.57. The molecule has 13 nitrogen and oxygen atoms in total. The molecule has 0 aromatic carbocycles. The Morgan fingerprint density at radius 2 is 1.93 bits per heavy atom. The number of ether oxygens (including phenoxy) is 2. The van der Waals surface area contributed by atoms with Gasteiger partial charge in [0.2, 0.25) is 17.7 Å². The van der Waals surface area contributed by atoms with Gasteiger partial charge in [-0.05, 0) is 77.5 Å². The largest absolute Gasteiger partial charge is 0.444 e. The number of nitrogens with one attached hydrogen (secondary N) is 1. The molecule has 2 saturated heterocycles. The van der Waals surface area contributed by atoms with Gasteiger partial charge in [-0.3, -0.25) is 0 Å². The van der Waals surface area contributed by atoms with Gasteiger partial charge in [0.1, 0.15) is 17.0 Å². The normalized spacial score (nSPS) is 19.7. The lowest BCUT2D eigenvalue weighted by Crippen LogP contribution is -2.47. The number of anilines is 1. The van der Waals surface area contributed by atoms with E-state index in [-0.39, 0.29) is 18.4 Å². The lowest BCUT2D eigenvalue weighted by molar-refractivity contribution is -0.0368. The molecule has 0 radical (unpaired) electrons. The molecule has 6 heterocycles. The number of aromatic nitrogens is 7. The summed E-state index contributed by atoms with van der Waals surface area (Å²) in [7, 11) is 0. The first-order valence-electron chi connectivity index (χ1n) is 14.5. The van der Waals surface area contributed by atoms with Gasteiger partial charge in [-0.1, -0.05) is 5.16 Å².